The molecular weight excluding hydrogens is 338 g/mol. The highest BCUT2D eigenvalue weighted by atomic mass is 35.5. The molecule has 0 aliphatic heterocycles. The van der Waals surface area contributed by atoms with E-state index in [9.17, 15) is 4.79 Å². The molecule has 0 radical (unpaired) electrons. The fourth-order valence-corrected chi connectivity index (χ4v) is 2.79. The lowest BCUT2D eigenvalue weighted by Gasteiger charge is -2.04. The molecule has 0 unspecified atom stereocenters. The van der Waals surface area contributed by atoms with Gasteiger partial charge >= 0.3 is 0 Å². The highest BCUT2D eigenvalue weighted by molar-refractivity contribution is 6.29. The number of nitrogens with zero attached hydrogens (tertiary/aromatic N) is 2. The molecule has 0 aliphatic carbocycles. The van der Waals surface area contributed by atoms with E-state index in [4.69, 9.17) is 16.0 Å². The van der Waals surface area contributed by atoms with E-state index >= 15 is 0 Å². The van der Waals surface area contributed by atoms with Crippen LogP contribution in [0.5, 0.6) is 0 Å². The first-order valence-corrected chi connectivity index (χ1v) is 8.09. The summed E-state index contributed by atoms with van der Waals surface area (Å²) in [4.78, 5) is 16.7. The number of benzene rings is 1. The summed E-state index contributed by atoms with van der Waals surface area (Å²) in [6.07, 6.45) is 3.96. The minimum atomic E-state index is -0.344. The number of halogens is 1. The van der Waals surface area contributed by atoms with Gasteiger partial charge in [-0.2, -0.15) is 0 Å². The number of nitrogens with one attached hydrogen (secondary N) is 1. The maximum Gasteiger partial charge on any atom is 0.291 e. The lowest BCUT2D eigenvalue weighted by Crippen LogP contribution is -2.10. The van der Waals surface area contributed by atoms with Crippen LogP contribution in [0.3, 0.4) is 0 Å². The fourth-order valence-electron chi connectivity index (χ4n) is 2.65. The number of hydrogen-bond acceptors (Lipinski definition) is 3. The molecule has 5 nitrogen and oxygen atoms in total. The van der Waals surface area contributed by atoms with Gasteiger partial charge in [0.2, 0.25) is 0 Å². The second kappa shape index (κ2) is 6.11. The van der Waals surface area contributed by atoms with Crippen LogP contribution in [0.15, 0.2) is 65.3 Å². The molecule has 0 spiro atoms. The predicted molar refractivity (Wildman–Crippen MR) is 97.0 cm³/mol. The Kier molecular flexibility index (Phi) is 3.78. The van der Waals surface area contributed by atoms with Crippen molar-refractivity contribution in [1.82, 2.24) is 9.38 Å². The highest BCUT2D eigenvalue weighted by Gasteiger charge is 2.11. The first-order valence-electron chi connectivity index (χ1n) is 7.71. The van der Waals surface area contributed by atoms with Gasteiger partial charge < -0.3 is 14.1 Å². The molecule has 0 saturated heterocycles. The van der Waals surface area contributed by atoms with Crippen LogP contribution in [-0.2, 0) is 0 Å². The average molecular weight is 352 g/mol. The van der Waals surface area contributed by atoms with Crippen LogP contribution in [0.25, 0.3) is 16.9 Å². The van der Waals surface area contributed by atoms with Crippen LogP contribution < -0.4 is 5.32 Å². The van der Waals surface area contributed by atoms with E-state index in [0.29, 0.717) is 5.69 Å². The monoisotopic (exact) mass is 351 g/mol. The first kappa shape index (κ1) is 15.5. The third-order valence-electron chi connectivity index (χ3n) is 3.91. The molecule has 0 fully saturated rings. The maximum absolute atomic E-state index is 12.1. The number of aromatic nitrogens is 2. The molecule has 1 aromatic carbocycles. The first-order chi connectivity index (χ1) is 12.1. The van der Waals surface area contributed by atoms with E-state index in [-0.39, 0.29) is 16.9 Å². The zero-order chi connectivity index (χ0) is 17.4. The standard InChI is InChI=1S/C19H14ClN3O2/c1-12-3-2-10-23-11-15(22-18(12)23)13-4-6-14(7-5-13)21-19(24)16-8-9-17(20)25-16/h2-11H,1H3,(H,21,24). The van der Waals surface area contributed by atoms with E-state index in [2.05, 4.69) is 10.3 Å². The summed E-state index contributed by atoms with van der Waals surface area (Å²) in [6, 6.07) is 14.6. The molecule has 3 heterocycles. The Hall–Kier alpha value is -3.05. The Bertz CT molecular complexity index is 1060. The van der Waals surface area contributed by atoms with Crippen LogP contribution in [0, 0.1) is 6.92 Å². The number of imidazole rings is 1. The molecule has 3 aromatic heterocycles. The van der Waals surface area contributed by atoms with Crippen molar-refractivity contribution in [1.29, 1.82) is 0 Å². The van der Waals surface area contributed by atoms with E-state index in [1.807, 2.05) is 60.1 Å². The average Bonchev–Trinajstić information content (AvgIpc) is 3.23. The van der Waals surface area contributed by atoms with Gasteiger partial charge in [0, 0.05) is 23.6 Å². The van der Waals surface area contributed by atoms with Crippen LogP contribution in [0.1, 0.15) is 16.1 Å². The number of carbonyl (C=O) groups is 1. The minimum absolute atomic E-state index is 0.171. The molecule has 6 heteroatoms. The molecule has 0 saturated carbocycles. The van der Waals surface area contributed by atoms with Crippen LogP contribution in [0.4, 0.5) is 5.69 Å². The summed E-state index contributed by atoms with van der Waals surface area (Å²) in [5.41, 5.74) is 4.58. The Morgan fingerprint density at radius 1 is 1.16 bits per heavy atom. The number of anilines is 1. The van der Waals surface area contributed by atoms with E-state index in [1.54, 1.807) is 0 Å². The maximum atomic E-state index is 12.1. The zero-order valence-corrected chi connectivity index (χ0v) is 14.1. The Balaban J connectivity index is 1.57. The molecule has 1 N–H and O–H groups in total. The summed E-state index contributed by atoms with van der Waals surface area (Å²) < 4.78 is 7.10. The highest BCUT2D eigenvalue weighted by Crippen LogP contribution is 2.23. The van der Waals surface area contributed by atoms with Gasteiger partial charge in [-0.25, -0.2) is 4.98 Å². The van der Waals surface area contributed by atoms with Crippen molar-refractivity contribution in [3.05, 3.63) is 77.5 Å². The van der Waals surface area contributed by atoms with E-state index in [0.717, 1.165) is 22.5 Å². The summed E-state index contributed by atoms with van der Waals surface area (Å²) in [7, 11) is 0. The summed E-state index contributed by atoms with van der Waals surface area (Å²) in [5, 5.41) is 2.95. The third-order valence-corrected chi connectivity index (χ3v) is 4.12. The predicted octanol–water partition coefficient (Wildman–Crippen LogP) is 4.81. The van der Waals surface area contributed by atoms with Crippen molar-refractivity contribution < 1.29 is 9.21 Å². The number of fused-ring (bicyclic) bond motifs is 1. The van der Waals surface area contributed by atoms with Crippen molar-refractivity contribution in [2.75, 3.05) is 5.32 Å². The molecule has 4 aromatic rings. The summed E-state index contributed by atoms with van der Waals surface area (Å²) in [6.45, 7) is 2.03. The second-order valence-corrected chi connectivity index (χ2v) is 6.06. The number of amides is 1. The normalized spacial score (nSPS) is 11.0. The summed E-state index contributed by atoms with van der Waals surface area (Å²) in [5.74, 6) is -0.173. The lowest BCUT2D eigenvalue weighted by atomic mass is 10.1. The smallest absolute Gasteiger partial charge is 0.291 e. The van der Waals surface area contributed by atoms with Gasteiger partial charge in [-0.05, 0) is 54.4 Å². The Morgan fingerprint density at radius 2 is 1.96 bits per heavy atom. The molecule has 4 rings (SSSR count). The van der Waals surface area contributed by atoms with Gasteiger partial charge in [0.05, 0.1) is 5.69 Å². The number of aryl methyl sites for hydroxylation is 1. The van der Waals surface area contributed by atoms with Gasteiger partial charge in [-0.1, -0.05) is 18.2 Å². The van der Waals surface area contributed by atoms with Crippen LogP contribution in [-0.4, -0.2) is 15.3 Å². The zero-order valence-electron chi connectivity index (χ0n) is 13.4. The van der Waals surface area contributed by atoms with Crippen molar-refractivity contribution >= 4 is 28.8 Å². The Morgan fingerprint density at radius 3 is 2.64 bits per heavy atom. The SMILES string of the molecule is Cc1cccn2cc(-c3ccc(NC(=O)c4ccc(Cl)o4)cc3)nc12. The molecule has 0 bridgehead atoms. The summed E-state index contributed by atoms with van der Waals surface area (Å²) >= 11 is 5.69. The van der Waals surface area contributed by atoms with Gasteiger partial charge in [0.1, 0.15) is 5.65 Å². The van der Waals surface area contributed by atoms with Crippen molar-refractivity contribution in [3.8, 4) is 11.3 Å². The topological polar surface area (TPSA) is 59.5 Å². The molecule has 0 aliphatic rings. The molecular formula is C19H14ClN3O2. The van der Waals surface area contributed by atoms with E-state index < -0.39 is 0 Å². The largest absolute Gasteiger partial charge is 0.440 e. The van der Waals surface area contributed by atoms with Gasteiger partial charge in [0.25, 0.3) is 5.91 Å². The number of rotatable bonds is 3. The van der Waals surface area contributed by atoms with Crippen LogP contribution in [0.2, 0.25) is 5.22 Å². The molecule has 1 amide bonds. The fraction of sp³-hybridized carbons (Fsp3) is 0.0526. The number of furan rings is 1. The quantitative estimate of drug-likeness (QED) is 0.576. The van der Waals surface area contributed by atoms with Crippen LogP contribution >= 0.6 is 11.6 Å². The van der Waals surface area contributed by atoms with Gasteiger partial charge in [-0.15, -0.1) is 0 Å². The van der Waals surface area contributed by atoms with Crippen molar-refractivity contribution in [2.45, 2.75) is 6.92 Å². The molecule has 25 heavy (non-hydrogen) atoms. The second-order valence-electron chi connectivity index (χ2n) is 5.68. The van der Waals surface area contributed by atoms with Gasteiger partial charge in [-0.3, -0.25) is 4.79 Å². The van der Waals surface area contributed by atoms with Crippen molar-refractivity contribution in [2.24, 2.45) is 0 Å². The van der Waals surface area contributed by atoms with Crippen molar-refractivity contribution in [3.63, 3.8) is 0 Å². The number of hydrogen-bond donors (Lipinski definition) is 1. The molecule has 124 valence electrons. The Labute approximate surface area is 148 Å². The third kappa shape index (κ3) is 3.02. The van der Waals surface area contributed by atoms with E-state index in [1.165, 1.54) is 12.1 Å². The van der Waals surface area contributed by atoms with Gasteiger partial charge in [0.15, 0.2) is 11.0 Å². The minimum Gasteiger partial charge on any atom is -0.440 e. The molecule has 0 atom stereocenters. The number of pyridine rings is 1. The number of carbonyl (C=O) groups excluding carboxylic acids is 1. The lowest BCUT2D eigenvalue weighted by molar-refractivity contribution is 0.0997.